The van der Waals surface area contributed by atoms with Crippen molar-refractivity contribution in [1.82, 2.24) is 10.2 Å². The minimum absolute atomic E-state index is 0.105. The first-order valence-corrected chi connectivity index (χ1v) is 7.37. The summed E-state index contributed by atoms with van der Waals surface area (Å²) in [6.07, 6.45) is 1.60. The van der Waals surface area contributed by atoms with Crippen LogP contribution in [0.3, 0.4) is 0 Å². The lowest BCUT2D eigenvalue weighted by molar-refractivity contribution is 0.199. The highest BCUT2D eigenvalue weighted by atomic mass is 16.5. The first-order chi connectivity index (χ1) is 10.6. The van der Waals surface area contributed by atoms with Crippen molar-refractivity contribution in [2.24, 2.45) is 0 Å². The van der Waals surface area contributed by atoms with Crippen LogP contribution in [0.2, 0.25) is 0 Å². The number of nitrogens with one attached hydrogen (secondary N) is 1. The lowest BCUT2D eigenvalue weighted by Crippen LogP contribution is -2.38. The first-order valence-electron chi connectivity index (χ1n) is 7.37. The number of nitrogens with zero attached hydrogens (tertiary/aromatic N) is 1. The molecule has 0 unspecified atom stereocenters. The topological polar surface area (TPSA) is 54.7 Å². The molecule has 0 aliphatic heterocycles. The van der Waals surface area contributed by atoms with Crippen LogP contribution in [0.15, 0.2) is 47.1 Å². The van der Waals surface area contributed by atoms with Gasteiger partial charge >= 0.3 is 6.03 Å². The molecule has 5 heteroatoms. The van der Waals surface area contributed by atoms with Crippen molar-refractivity contribution in [1.29, 1.82) is 0 Å². The maximum Gasteiger partial charge on any atom is 0.318 e. The SMILES string of the molecule is CCOc1cccc([C@@H](C)NC(=O)N(C)Cc2ccco2)c1. The van der Waals surface area contributed by atoms with E-state index in [0.29, 0.717) is 13.2 Å². The van der Waals surface area contributed by atoms with E-state index in [1.54, 1.807) is 18.2 Å². The molecule has 0 saturated heterocycles. The van der Waals surface area contributed by atoms with Crippen LogP contribution in [-0.2, 0) is 6.54 Å². The van der Waals surface area contributed by atoms with Crippen LogP contribution in [0.5, 0.6) is 5.75 Å². The summed E-state index contributed by atoms with van der Waals surface area (Å²) in [5.74, 6) is 1.56. The number of rotatable bonds is 6. The van der Waals surface area contributed by atoms with Crippen LogP contribution in [0, 0.1) is 0 Å². The fourth-order valence-corrected chi connectivity index (χ4v) is 2.13. The Morgan fingerprint density at radius 3 is 2.86 bits per heavy atom. The van der Waals surface area contributed by atoms with Gasteiger partial charge in [-0.05, 0) is 43.7 Å². The van der Waals surface area contributed by atoms with E-state index in [9.17, 15) is 4.79 Å². The van der Waals surface area contributed by atoms with E-state index in [-0.39, 0.29) is 12.1 Å². The molecule has 22 heavy (non-hydrogen) atoms. The second-order valence-corrected chi connectivity index (χ2v) is 5.11. The van der Waals surface area contributed by atoms with Gasteiger partial charge in [0.2, 0.25) is 0 Å². The molecule has 2 aromatic rings. The van der Waals surface area contributed by atoms with Gasteiger partial charge in [-0.15, -0.1) is 0 Å². The van der Waals surface area contributed by atoms with Crippen LogP contribution in [-0.4, -0.2) is 24.6 Å². The van der Waals surface area contributed by atoms with Gasteiger partial charge in [-0.2, -0.15) is 0 Å². The lowest BCUT2D eigenvalue weighted by Gasteiger charge is -2.21. The number of ether oxygens (including phenoxy) is 1. The van der Waals surface area contributed by atoms with Gasteiger partial charge in [-0.3, -0.25) is 0 Å². The van der Waals surface area contributed by atoms with Gasteiger partial charge in [0.1, 0.15) is 11.5 Å². The van der Waals surface area contributed by atoms with Crippen molar-refractivity contribution < 1.29 is 13.9 Å². The molecular weight excluding hydrogens is 280 g/mol. The zero-order valence-electron chi connectivity index (χ0n) is 13.2. The van der Waals surface area contributed by atoms with Crippen molar-refractivity contribution in [3.63, 3.8) is 0 Å². The van der Waals surface area contributed by atoms with Crippen molar-refractivity contribution in [3.05, 3.63) is 54.0 Å². The highest BCUT2D eigenvalue weighted by molar-refractivity contribution is 5.74. The van der Waals surface area contributed by atoms with Crippen LogP contribution < -0.4 is 10.1 Å². The van der Waals surface area contributed by atoms with Crippen molar-refractivity contribution in [2.75, 3.05) is 13.7 Å². The standard InChI is InChI=1S/C17H22N2O3/c1-4-21-15-8-5-7-14(11-15)13(2)18-17(20)19(3)12-16-9-6-10-22-16/h5-11,13H,4,12H2,1-3H3,(H,18,20)/t13-/m1/s1. The Morgan fingerprint density at radius 2 is 2.18 bits per heavy atom. The Labute approximate surface area is 130 Å². The van der Waals surface area contributed by atoms with Gasteiger partial charge < -0.3 is 19.4 Å². The normalized spacial score (nSPS) is 11.8. The maximum absolute atomic E-state index is 12.2. The molecule has 0 aliphatic rings. The number of hydrogen-bond acceptors (Lipinski definition) is 3. The van der Waals surface area contributed by atoms with Gasteiger partial charge in [-0.1, -0.05) is 12.1 Å². The van der Waals surface area contributed by atoms with Gasteiger partial charge in [0.15, 0.2) is 0 Å². The molecule has 0 saturated carbocycles. The second kappa shape index (κ2) is 7.54. The van der Waals surface area contributed by atoms with E-state index >= 15 is 0 Å². The molecule has 0 bridgehead atoms. The summed E-state index contributed by atoms with van der Waals surface area (Å²) in [5, 5.41) is 2.97. The van der Waals surface area contributed by atoms with Crippen LogP contribution in [0.4, 0.5) is 4.79 Å². The quantitative estimate of drug-likeness (QED) is 0.887. The largest absolute Gasteiger partial charge is 0.494 e. The fourth-order valence-electron chi connectivity index (χ4n) is 2.13. The van der Waals surface area contributed by atoms with Gasteiger partial charge in [0.25, 0.3) is 0 Å². The third kappa shape index (κ3) is 4.28. The number of amides is 2. The average Bonchev–Trinajstić information content (AvgIpc) is 3.00. The number of urea groups is 1. The molecule has 118 valence electrons. The Balaban J connectivity index is 1.94. The molecule has 5 nitrogen and oxygen atoms in total. The van der Waals surface area contributed by atoms with E-state index in [1.165, 1.54) is 0 Å². The fraction of sp³-hybridized carbons (Fsp3) is 0.353. The molecule has 0 aliphatic carbocycles. The van der Waals surface area contributed by atoms with E-state index < -0.39 is 0 Å². The number of hydrogen-bond donors (Lipinski definition) is 1. The summed E-state index contributed by atoms with van der Waals surface area (Å²) in [6.45, 7) is 4.95. The van der Waals surface area contributed by atoms with E-state index in [2.05, 4.69) is 5.32 Å². The molecule has 0 radical (unpaired) electrons. The number of carbonyl (C=O) groups is 1. The molecule has 0 fully saturated rings. The van der Waals surface area contributed by atoms with Crippen molar-refractivity contribution in [3.8, 4) is 5.75 Å². The number of benzene rings is 1. The predicted octanol–water partition coefficient (Wildman–Crippen LogP) is 3.58. The van der Waals surface area contributed by atoms with Gasteiger partial charge in [0.05, 0.1) is 25.5 Å². The molecule has 1 atom stereocenters. The number of furan rings is 1. The highest BCUT2D eigenvalue weighted by Gasteiger charge is 2.14. The van der Waals surface area contributed by atoms with Crippen molar-refractivity contribution in [2.45, 2.75) is 26.4 Å². The number of carbonyl (C=O) groups excluding carboxylic acids is 1. The minimum Gasteiger partial charge on any atom is -0.494 e. The third-order valence-corrected chi connectivity index (χ3v) is 3.33. The lowest BCUT2D eigenvalue weighted by atomic mass is 10.1. The summed E-state index contributed by atoms with van der Waals surface area (Å²) >= 11 is 0. The monoisotopic (exact) mass is 302 g/mol. The Kier molecular flexibility index (Phi) is 5.47. The molecule has 1 aromatic carbocycles. The second-order valence-electron chi connectivity index (χ2n) is 5.11. The highest BCUT2D eigenvalue weighted by Crippen LogP contribution is 2.19. The van der Waals surface area contributed by atoms with E-state index in [1.807, 2.05) is 50.2 Å². The molecular formula is C17H22N2O3. The summed E-state index contributed by atoms with van der Waals surface area (Å²) in [7, 11) is 1.74. The summed E-state index contributed by atoms with van der Waals surface area (Å²) in [4.78, 5) is 13.8. The van der Waals surface area contributed by atoms with Crippen LogP contribution in [0.25, 0.3) is 0 Å². The molecule has 2 rings (SSSR count). The van der Waals surface area contributed by atoms with E-state index in [0.717, 1.165) is 17.1 Å². The average molecular weight is 302 g/mol. The first kappa shape index (κ1) is 15.9. The van der Waals surface area contributed by atoms with Gasteiger partial charge in [0, 0.05) is 7.05 Å². The molecule has 1 N–H and O–H groups in total. The Bertz CT molecular complexity index is 596. The third-order valence-electron chi connectivity index (χ3n) is 3.33. The summed E-state index contributed by atoms with van der Waals surface area (Å²) < 4.78 is 10.7. The van der Waals surface area contributed by atoms with Crippen molar-refractivity contribution >= 4 is 6.03 Å². The molecule has 1 heterocycles. The van der Waals surface area contributed by atoms with E-state index in [4.69, 9.17) is 9.15 Å². The molecule has 2 amide bonds. The Hall–Kier alpha value is -2.43. The van der Waals surface area contributed by atoms with Gasteiger partial charge in [-0.25, -0.2) is 4.79 Å². The zero-order valence-corrected chi connectivity index (χ0v) is 13.2. The molecule has 0 spiro atoms. The van der Waals surface area contributed by atoms with Crippen LogP contribution >= 0.6 is 0 Å². The summed E-state index contributed by atoms with van der Waals surface area (Å²) in [6, 6.07) is 11.2. The molecule has 1 aromatic heterocycles. The Morgan fingerprint density at radius 1 is 1.36 bits per heavy atom. The summed E-state index contributed by atoms with van der Waals surface area (Å²) in [5.41, 5.74) is 1.01. The van der Waals surface area contributed by atoms with Crippen LogP contribution in [0.1, 0.15) is 31.2 Å². The smallest absolute Gasteiger partial charge is 0.318 e. The zero-order chi connectivity index (χ0) is 15.9. The predicted molar refractivity (Wildman–Crippen MR) is 84.7 cm³/mol. The maximum atomic E-state index is 12.2. The minimum atomic E-state index is -0.147.